The van der Waals surface area contributed by atoms with Gasteiger partial charge < -0.3 is 0 Å². The first-order valence-corrected chi connectivity index (χ1v) is 6.27. The molecule has 2 heteroatoms. The number of thiol groups is 1. The van der Waals surface area contributed by atoms with E-state index in [1.807, 2.05) is 0 Å². The molecule has 0 aliphatic rings. The zero-order valence-electron chi connectivity index (χ0n) is 10.1. The molecular weight excluding hydrogens is 224 g/mol. The van der Waals surface area contributed by atoms with Crippen LogP contribution in [0.1, 0.15) is 46.9 Å². The second-order valence-electron chi connectivity index (χ2n) is 4.11. The quantitative estimate of drug-likeness (QED) is 0.707. The van der Waals surface area contributed by atoms with Crippen LogP contribution >= 0.6 is 24.2 Å². The van der Waals surface area contributed by atoms with Crippen LogP contribution in [-0.2, 0) is 6.42 Å². The van der Waals surface area contributed by atoms with Gasteiger partial charge in [-0.3, -0.25) is 0 Å². The normalized spacial score (nSPS) is 13.0. The average molecular weight is 243 g/mol. The molecule has 15 heavy (non-hydrogen) atoms. The van der Waals surface area contributed by atoms with Gasteiger partial charge in [-0.05, 0) is 61.9 Å². The second kappa shape index (κ2) is 4.80. The Kier molecular flexibility index (Phi) is 4.13. The SMILES string of the molecule is CCc1c(Cl)c(C)c(C)c(C)c1C(C)S. The molecule has 1 aromatic rings. The van der Waals surface area contributed by atoms with Gasteiger partial charge in [-0.25, -0.2) is 0 Å². The van der Waals surface area contributed by atoms with Gasteiger partial charge in [-0.2, -0.15) is 12.6 Å². The van der Waals surface area contributed by atoms with Crippen molar-refractivity contribution in [2.75, 3.05) is 0 Å². The molecule has 0 aromatic heterocycles. The minimum atomic E-state index is 0.247. The monoisotopic (exact) mass is 242 g/mol. The number of hydrogen-bond donors (Lipinski definition) is 1. The maximum Gasteiger partial charge on any atom is 0.0473 e. The predicted molar refractivity (Wildman–Crippen MR) is 72.4 cm³/mol. The van der Waals surface area contributed by atoms with Crippen molar-refractivity contribution < 1.29 is 0 Å². The van der Waals surface area contributed by atoms with Crippen molar-refractivity contribution in [1.82, 2.24) is 0 Å². The first kappa shape index (κ1) is 12.9. The first-order valence-electron chi connectivity index (χ1n) is 5.37. The molecule has 1 aromatic carbocycles. The maximum atomic E-state index is 6.39. The van der Waals surface area contributed by atoms with E-state index in [4.69, 9.17) is 11.6 Å². The third-order valence-electron chi connectivity index (χ3n) is 3.22. The van der Waals surface area contributed by atoms with Crippen LogP contribution in [0.3, 0.4) is 0 Å². The number of hydrogen-bond acceptors (Lipinski definition) is 1. The zero-order valence-corrected chi connectivity index (χ0v) is 11.8. The van der Waals surface area contributed by atoms with Crippen molar-refractivity contribution in [2.45, 2.75) is 46.3 Å². The minimum absolute atomic E-state index is 0.247. The highest BCUT2D eigenvalue weighted by molar-refractivity contribution is 7.80. The Morgan fingerprint density at radius 2 is 1.67 bits per heavy atom. The molecule has 0 bridgehead atoms. The summed E-state index contributed by atoms with van der Waals surface area (Å²) in [5.41, 5.74) is 6.43. The number of benzene rings is 1. The summed E-state index contributed by atoms with van der Waals surface area (Å²) in [6.07, 6.45) is 0.973. The van der Waals surface area contributed by atoms with Crippen molar-refractivity contribution in [3.63, 3.8) is 0 Å². The molecule has 1 unspecified atom stereocenters. The van der Waals surface area contributed by atoms with Crippen molar-refractivity contribution in [3.05, 3.63) is 32.8 Å². The second-order valence-corrected chi connectivity index (χ2v) is 5.26. The first-order chi connectivity index (χ1) is 6.91. The molecule has 0 spiro atoms. The third-order valence-corrected chi connectivity index (χ3v) is 3.99. The fourth-order valence-electron chi connectivity index (χ4n) is 2.13. The van der Waals surface area contributed by atoms with E-state index in [0.29, 0.717) is 0 Å². The van der Waals surface area contributed by atoms with E-state index >= 15 is 0 Å². The van der Waals surface area contributed by atoms with Crippen LogP contribution in [0, 0.1) is 20.8 Å². The molecule has 0 N–H and O–H groups in total. The van der Waals surface area contributed by atoms with Gasteiger partial charge >= 0.3 is 0 Å². The Balaban J connectivity index is 3.62. The van der Waals surface area contributed by atoms with Crippen LogP contribution in [0.15, 0.2) is 0 Å². The number of halogens is 1. The molecule has 84 valence electrons. The third kappa shape index (κ3) is 2.19. The molecule has 0 fully saturated rings. The summed E-state index contributed by atoms with van der Waals surface area (Å²) < 4.78 is 0. The lowest BCUT2D eigenvalue weighted by Gasteiger charge is -2.20. The lowest BCUT2D eigenvalue weighted by Crippen LogP contribution is -2.03. The van der Waals surface area contributed by atoms with Crippen molar-refractivity contribution >= 4 is 24.2 Å². The Morgan fingerprint density at radius 3 is 2.07 bits per heavy atom. The lowest BCUT2D eigenvalue weighted by atomic mass is 9.91. The van der Waals surface area contributed by atoms with Crippen LogP contribution < -0.4 is 0 Å². The topological polar surface area (TPSA) is 0 Å². The van der Waals surface area contributed by atoms with E-state index in [-0.39, 0.29) is 5.25 Å². The summed E-state index contributed by atoms with van der Waals surface area (Å²) in [7, 11) is 0. The standard InChI is InChI=1S/C13H19ClS/c1-6-11-12(10(5)15)8(3)7(2)9(4)13(11)14/h10,15H,6H2,1-5H3. The Hall–Kier alpha value is -0.140. The van der Waals surface area contributed by atoms with Gasteiger partial charge in [0.1, 0.15) is 0 Å². The van der Waals surface area contributed by atoms with E-state index < -0.39 is 0 Å². The lowest BCUT2D eigenvalue weighted by molar-refractivity contribution is 0.988. The van der Waals surface area contributed by atoms with Crippen molar-refractivity contribution in [1.29, 1.82) is 0 Å². The molecule has 0 saturated carbocycles. The molecular formula is C13H19ClS. The smallest absolute Gasteiger partial charge is 0.0473 e. The Morgan fingerprint density at radius 1 is 1.13 bits per heavy atom. The fourth-order valence-corrected chi connectivity index (χ4v) is 2.86. The van der Waals surface area contributed by atoms with Gasteiger partial charge in [0.15, 0.2) is 0 Å². The molecule has 1 rings (SSSR count). The van der Waals surface area contributed by atoms with Crippen molar-refractivity contribution in [2.24, 2.45) is 0 Å². The highest BCUT2D eigenvalue weighted by Gasteiger charge is 2.17. The van der Waals surface area contributed by atoms with Crippen LogP contribution in [-0.4, -0.2) is 0 Å². The van der Waals surface area contributed by atoms with Gasteiger partial charge in [-0.1, -0.05) is 18.5 Å². The summed E-state index contributed by atoms with van der Waals surface area (Å²) >= 11 is 10.9. The molecule has 1 atom stereocenters. The molecule has 0 nitrogen and oxygen atoms in total. The molecule has 0 saturated heterocycles. The van der Waals surface area contributed by atoms with E-state index in [9.17, 15) is 0 Å². The van der Waals surface area contributed by atoms with Crippen LogP contribution in [0.4, 0.5) is 0 Å². The number of rotatable bonds is 2. The molecule has 0 aliphatic carbocycles. The highest BCUT2D eigenvalue weighted by Crippen LogP contribution is 2.36. The molecule has 0 heterocycles. The largest absolute Gasteiger partial charge is 0.171 e. The predicted octanol–water partition coefficient (Wildman–Crippen LogP) is 4.82. The van der Waals surface area contributed by atoms with E-state index in [1.54, 1.807) is 0 Å². The van der Waals surface area contributed by atoms with E-state index in [2.05, 4.69) is 47.2 Å². The average Bonchev–Trinajstić information content (AvgIpc) is 2.19. The van der Waals surface area contributed by atoms with E-state index in [0.717, 1.165) is 11.4 Å². The Bertz CT molecular complexity index is 381. The van der Waals surface area contributed by atoms with Crippen LogP contribution in [0.5, 0.6) is 0 Å². The molecule has 0 aliphatic heterocycles. The van der Waals surface area contributed by atoms with Crippen LogP contribution in [0.25, 0.3) is 0 Å². The van der Waals surface area contributed by atoms with Crippen LogP contribution in [0.2, 0.25) is 5.02 Å². The fraction of sp³-hybridized carbons (Fsp3) is 0.538. The van der Waals surface area contributed by atoms with Gasteiger partial charge in [-0.15, -0.1) is 0 Å². The molecule has 0 radical (unpaired) electrons. The summed E-state index contributed by atoms with van der Waals surface area (Å²) in [5.74, 6) is 0. The summed E-state index contributed by atoms with van der Waals surface area (Å²) in [6.45, 7) is 10.6. The van der Waals surface area contributed by atoms with Crippen molar-refractivity contribution in [3.8, 4) is 0 Å². The maximum absolute atomic E-state index is 6.39. The summed E-state index contributed by atoms with van der Waals surface area (Å²) in [6, 6.07) is 0. The highest BCUT2D eigenvalue weighted by atomic mass is 35.5. The zero-order chi connectivity index (χ0) is 11.7. The summed E-state index contributed by atoms with van der Waals surface area (Å²) in [5, 5.41) is 1.17. The van der Waals surface area contributed by atoms with Gasteiger partial charge in [0.05, 0.1) is 0 Å². The summed E-state index contributed by atoms with van der Waals surface area (Å²) in [4.78, 5) is 0. The minimum Gasteiger partial charge on any atom is -0.171 e. The van der Waals surface area contributed by atoms with E-state index in [1.165, 1.54) is 27.8 Å². The van der Waals surface area contributed by atoms with Gasteiger partial charge in [0.25, 0.3) is 0 Å². The molecule has 0 amide bonds. The van der Waals surface area contributed by atoms with Gasteiger partial charge in [0.2, 0.25) is 0 Å². The van der Waals surface area contributed by atoms with Gasteiger partial charge in [0, 0.05) is 10.3 Å². The Labute approximate surface area is 103 Å².